The van der Waals surface area contributed by atoms with Crippen LogP contribution >= 0.6 is 0 Å². The summed E-state index contributed by atoms with van der Waals surface area (Å²) in [6.07, 6.45) is 1.77. The van der Waals surface area contributed by atoms with Gasteiger partial charge >= 0.3 is 0 Å². The maximum Gasteiger partial charge on any atom is 0.244 e. The van der Waals surface area contributed by atoms with E-state index < -0.39 is 0 Å². The van der Waals surface area contributed by atoms with Crippen LogP contribution in [0.25, 0.3) is 11.0 Å². The van der Waals surface area contributed by atoms with Gasteiger partial charge in [0.2, 0.25) is 5.91 Å². The van der Waals surface area contributed by atoms with Gasteiger partial charge in [0.15, 0.2) is 0 Å². The molecular formula is C14H14N6O. The fourth-order valence-corrected chi connectivity index (χ4v) is 2.66. The molecular weight excluding hydrogens is 268 g/mol. The molecule has 4 rings (SSSR count). The van der Waals surface area contributed by atoms with E-state index in [1.165, 1.54) is 0 Å². The van der Waals surface area contributed by atoms with E-state index in [9.17, 15) is 4.79 Å². The number of fused-ring (bicyclic) bond motifs is 2. The number of nitrogens with zero attached hydrogens (tertiary/aromatic N) is 6. The topological polar surface area (TPSA) is 68.8 Å². The largest absolute Gasteiger partial charge is 0.333 e. The van der Waals surface area contributed by atoms with Crippen LogP contribution in [-0.2, 0) is 24.4 Å². The SMILES string of the molecule is O=C(Cn1nnc2ccccc21)N1CCn2nccc2C1. The molecule has 0 fully saturated rings. The minimum Gasteiger partial charge on any atom is -0.333 e. The van der Waals surface area contributed by atoms with Crippen LogP contribution in [0.5, 0.6) is 0 Å². The van der Waals surface area contributed by atoms with Crippen molar-refractivity contribution >= 4 is 16.9 Å². The van der Waals surface area contributed by atoms with Crippen molar-refractivity contribution < 1.29 is 4.79 Å². The van der Waals surface area contributed by atoms with Crippen LogP contribution in [0.1, 0.15) is 5.69 Å². The van der Waals surface area contributed by atoms with Gasteiger partial charge in [-0.3, -0.25) is 9.48 Å². The Hall–Kier alpha value is -2.70. The van der Waals surface area contributed by atoms with Crippen LogP contribution in [0.2, 0.25) is 0 Å². The first-order chi connectivity index (χ1) is 10.3. The van der Waals surface area contributed by atoms with Gasteiger partial charge in [-0.25, -0.2) is 4.68 Å². The molecule has 3 aromatic rings. The Bertz CT molecular complexity index is 805. The third-order valence-corrected chi connectivity index (χ3v) is 3.80. The summed E-state index contributed by atoms with van der Waals surface area (Å²) in [7, 11) is 0. The molecule has 0 unspecified atom stereocenters. The van der Waals surface area contributed by atoms with E-state index in [4.69, 9.17) is 0 Å². The molecule has 0 aliphatic carbocycles. The Morgan fingerprint density at radius 1 is 1.19 bits per heavy atom. The molecule has 0 saturated carbocycles. The molecule has 7 nitrogen and oxygen atoms in total. The highest BCUT2D eigenvalue weighted by Crippen LogP contribution is 2.13. The fraction of sp³-hybridized carbons (Fsp3) is 0.286. The molecule has 0 saturated heterocycles. The van der Waals surface area contributed by atoms with Crippen LogP contribution in [0.15, 0.2) is 36.5 Å². The highest BCUT2D eigenvalue weighted by Gasteiger charge is 2.21. The van der Waals surface area contributed by atoms with E-state index in [2.05, 4.69) is 15.4 Å². The van der Waals surface area contributed by atoms with Crippen LogP contribution in [0.4, 0.5) is 0 Å². The van der Waals surface area contributed by atoms with Gasteiger partial charge in [-0.1, -0.05) is 17.3 Å². The maximum absolute atomic E-state index is 12.4. The molecule has 1 aromatic carbocycles. The van der Waals surface area contributed by atoms with E-state index in [-0.39, 0.29) is 12.5 Å². The third-order valence-electron chi connectivity index (χ3n) is 3.80. The second-order valence-electron chi connectivity index (χ2n) is 5.10. The smallest absolute Gasteiger partial charge is 0.244 e. The Labute approximate surface area is 120 Å². The fourth-order valence-electron chi connectivity index (χ4n) is 2.66. The highest BCUT2D eigenvalue weighted by atomic mass is 16.2. The van der Waals surface area contributed by atoms with Crippen molar-refractivity contribution in [2.24, 2.45) is 0 Å². The van der Waals surface area contributed by atoms with E-state index in [0.717, 1.165) is 23.3 Å². The quantitative estimate of drug-likeness (QED) is 0.693. The second-order valence-corrected chi connectivity index (χ2v) is 5.10. The summed E-state index contributed by atoms with van der Waals surface area (Å²) in [5, 5.41) is 12.4. The second kappa shape index (κ2) is 4.69. The van der Waals surface area contributed by atoms with Crippen LogP contribution < -0.4 is 0 Å². The molecule has 106 valence electrons. The summed E-state index contributed by atoms with van der Waals surface area (Å²) in [6.45, 7) is 2.24. The lowest BCUT2D eigenvalue weighted by atomic mass is 10.3. The number of carbonyl (C=O) groups is 1. The van der Waals surface area contributed by atoms with Crippen molar-refractivity contribution in [3.05, 3.63) is 42.2 Å². The summed E-state index contributed by atoms with van der Waals surface area (Å²) < 4.78 is 3.60. The van der Waals surface area contributed by atoms with Crippen molar-refractivity contribution in [3.8, 4) is 0 Å². The molecule has 3 heterocycles. The van der Waals surface area contributed by atoms with E-state index in [1.807, 2.05) is 39.9 Å². The first-order valence-electron chi connectivity index (χ1n) is 6.88. The Balaban J connectivity index is 1.54. The van der Waals surface area contributed by atoms with Gasteiger partial charge in [-0.15, -0.1) is 5.10 Å². The number of para-hydroxylation sites is 1. The molecule has 0 bridgehead atoms. The number of benzene rings is 1. The molecule has 21 heavy (non-hydrogen) atoms. The average molecular weight is 282 g/mol. The normalized spacial score (nSPS) is 14.4. The van der Waals surface area contributed by atoms with Gasteiger partial charge in [0.05, 0.1) is 24.3 Å². The first kappa shape index (κ1) is 12.1. The van der Waals surface area contributed by atoms with Crippen molar-refractivity contribution in [2.75, 3.05) is 6.54 Å². The molecule has 0 radical (unpaired) electrons. The molecule has 1 amide bonds. The van der Waals surface area contributed by atoms with Gasteiger partial charge in [0.1, 0.15) is 12.1 Å². The summed E-state index contributed by atoms with van der Waals surface area (Å²) in [5.41, 5.74) is 2.76. The third kappa shape index (κ3) is 2.06. The Morgan fingerprint density at radius 3 is 3.05 bits per heavy atom. The molecule has 1 aliphatic rings. The maximum atomic E-state index is 12.4. The van der Waals surface area contributed by atoms with Gasteiger partial charge < -0.3 is 4.90 Å². The number of amides is 1. The minimum absolute atomic E-state index is 0.0538. The zero-order valence-electron chi connectivity index (χ0n) is 11.4. The summed E-state index contributed by atoms with van der Waals surface area (Å²) in [5.74, 6) is 0.0538. The van der Waals surface area contributed by atoms with Crippen molar-refractivity contribution in [3.63, 3.8) is 0 Å². The lowest BCUT2D eigenvalue weighted by molar-refractivity contribution is -0.133. The molecule has 0 spiro atoms. The van der Waals surface area contributed by atoms with Crippen molar-refractivity contribution in [1.82, 2.24) is 29.7 Å². The number of carbonyl (C=O) groups excluding carboxylic acids is 1. The van der Waals surface area contributed by atoms with Crippen molar-refractivity contribution in [1.29, 1.82) is 0 Å². The van der Waals surface area contributed by atoms with Gasteiger partial charge in [-0.05, 0) is 18.2 Å². The predicted molar refractivity (Wildman–Crippen MR) is 75.2 cm³/mol. The molecule has 0 N–H and O–H groups in total. The molecule has 7 heteroatoms. The minimum atomic E-state index is 0.0538. The number of hydrogen-bond acceptors (Lipinski definition) is 4. The van der Waals surface area contributed by atoms with E-state index in [0.29, 0.717) is 13.1 Å². The Kier molecular flexibility index (Phi) is 2.70. The zero-order valence-corrected chi connectivity index (χ0v) is 11.4. The van der Waals surface area contributed by atoms with Gasteiger partial charge in [0.25, 0.3) is 0 Å². The average Bonchev–Trinajstić information content (AvgIpc) is 3.13. The van der Waals surface area contributed by atoms with Crippen LogP contribution in [0.3, 0.4) is 0 Å². The van der Waals surface area contributed by atoms with Crippen molar-refractivity contribution in [2.45, 2.75) is 19.6 Å². The first-order valence-corrected chi connectivity index (χ1v) is 6.88. The predicted octanol–water partition coefficient (Wildman–Crippen LogP) is 0.670. The lowest BCUT2D eigenvalue weighted by Gasteiger charge is -2.27. The van der Waals surface area contributed by atoms with Gasteiger partial charge in [-0.2, -0.15) is 5.10 Å². The number of hydrogen-bond donors (Lipinski definition) is 0. The number of aromatic nitrogens is 5. The summed E-state index contributed by atoms with van der Waals surface area (Å²) in [6, 6.07) is 9.60. The van der Waals surface area contributed by atoms with Gasteiger partial charge in [0, 0.05) is 12.7 Å². The highest BCUT2D eigenvalue weighted by molar-refractivity contribution is 5.79. The summed E-state index contributed by atoms with van der Waals surface area (Å²) >= 11 is 0. The van der Waals surface area contributed by atoms with Crippen LogP contribution in [-0.4, -0.2) is 42.1 Å². The van der Waals surface area contributed by atoms with Crippen LogP contribution in [0, 0.1) is 0 Å². The Morgan fingerprint density at radius 2 is 2.10 bits per heavy atom. The number of rotatable bonds is 2. The zero-order chi connectivity index (χ0) is 14.2. The monoisotopic (exact) mass is 282 g/mol. The molecule has 1 aliphatic heterocycles. The lowest BCUT2D eigenvalue weighted by Crippen LogP contribution is -2.40. The summed E-state index contributed by atoms with van der Waals surface area (Å²) in [4.78, 5) is 14.3. The van der Waals surface area contributed by atoms with E-state index in [1.54, 1.807) is 10.9 Å². The molecule has 2 aromatic heterocycles. The van der Waals surface area contributed by atoms with E-state index >= 15 is 0 Å². The molecule has 0 atom stereocenters. The standard InChI is InChI=1S/C14H14N6O/c21-14(18-7-8-19-11(9-18)5-6-15-19)10-20-13-4-2-1-3-12(13)16-17-20/h1-6H,7-10H2.